The maximum absolute atomic E-state index is 13.4. The van der Waals surface area contributed by atoms with E-state index in [2.05, 4.69) is 38.2 Å². The number of carbonyl (C=O) groups is 6. The van der Waals surface area contributed by atoms with Gasteiger partial charge in [-0.2, -0.15) is 0 Å². The van der Waals surface area contributed by atoms with Gasteiger partial charge in [0.05, 0.1) is 156 Å². The maximum atomic E-state index is 13.4. The van der Waals surface area contributed by atoms with Gasteiger partial charge >= 0.3 is 35.9 Å². The Morgan fingerprint density at radius 1 is 0.351 bits per heavy atom. The molecule has 1 N–H and O–H groups in total. The van der Waals surface area contributed by atoms with E-state index in [1.807, 2.05) is 19.1 Å². The van der Waals surface area contributed by atoms with Crippen LogP contribution in [0.1, 0.15) is 5.56 Å². The molecule has 434 valence electrons. The van der Waals surface area contributed by atoms with Crippen LogP contribution in [0, 0.1) is 17.8 Å². The number of hydrogen-bond acceptors (Lipinski definition) is 23. The van der Waals surface area contributed by atoms with Crippen molar-refractivity contribution in [2.24, 2.45) is 10.8 Å². The fourth-order valence-corrected chi connectivity index (χ4v) is 5.91. The number of aryl methyl sites for hydroxylation is 1. The number of benzene rings is 1. The second-order valence-corrected chi connectivity index (χ2v) is 16.2. The van der Waals surface area contributed by atoms with Crippen LogP contribution in [0.15, 0.2) is 87.5 Å². The van der Waals surface area contributed by atoms with Gasteiger partial charge in [0.25, 0.3) is 0 Å². The number of ether oxygens (including phenoxy) is 17. The zero-order valence-electron chi connectivity index (χ0n) is 44.4. The summed E-state index contributed by atoms with van der Waals surface area (Å²) >= 11 is 0. The second kappa shape index (κ2) is 46.2. The SMILES string of the molecule is C=CC(=O)OCCOCCOCC(COCCOCCOC(=O)C=C)(COCCOCCOC(=O)C=C)COCC(COCCOCCOC(=O)C=C)(COCCOCCOC(=O)C=C)COC(=O)Nc1ccccc1C. The van der Waals surface area contributed by atoms with E-state index in [0.29, 0.717) is 5.69 Å². The van der Waals surface area contributed by atoms with Crippen LogP contribution in [-0.4, -0.2) is 221 Å². The van der Waals surface area contributed by atoms with Gasteiger partial charge in [0.1, 0.15) is 39.6 Å². The third kappa shape index (κ3) is 37.5. The Bertz CT molecular complexity index is 1730. The monoisotopic (exact) mass is 1100 g/mol. The van der Waals surface area contributed by atoms with Gasteiger partial charge in [-0.3, -0.25) is 5.32 Å². The van der Waals surface area contributed by atoms with E-state index < -0.39 is 46.8 Å². The Balaban J connectivity index is 3.48. The van der Waals surface area contributed by atoms with E-state index in [-0.39, 0.29) is 185 Å². The number of esters is 5. The maximum Gasteiger partial charge on any atom is 0.411 e. The van der Waals surface area contributed by atoms with E-state index in [9.17, 15) is 28.8 Å². The van der Waals surface area contributed by atoms with Crippen molar-refractivity contribution in [1.82, 2.24) is 0 Å². The first-order valence-electron chi connectivity index (χ1n) is 24.7. The minimum Gasteiger partial charge on any atom is -0.460 e. The summed E-state index contributed by atoms with van der Waals surface area (Å²) in [5.41, 5.74) is -0.923. The average Bonchev–Trinajstić information content (AvgIpc) is 3.43. The van der Waals surface area contributed by atoms with Crippen molar-refractivity contribution in [2.75, 3.05) is 190 Å². The molecule has 0 aliphatic rings. The highest BCUT2D eigenvalue weighted by molar-refractivity contribution is 5.85. The number of amides is 1. The van der Waals surface area contributed by atoms with Gasteiger partial charge in [0.2, 0.25) is 0 Å². The Morgan fingerprint density at radius 3 is 0.883 bits per heavy atom. The molecule has 0 spiro atoms. The summed E-state index contributed by atoms with van der Waals surface area (Å²) in [6.45, 7) is 19.5. The first-order valence-corrected chi connectivity index (χ1v) is 24.7. The summed E-state index contributed by atoms with van der Waals surface area (Å²) in [6.07, 6.45) is 4.48. The highest BCUT2D eigenvalue weighted by atomic mass is 16.6. The lowest BCUT2D eigenvalue weighted by Crippen LogP contribution is -2.46. The number of para-hydroxylation sites is 1. The smallest absolute Gasteiger partial charge is 0.411 e. The summed E-state index contributed by atoms with van der Waals surface area (Å²) in [5.74, 6) is -2.92. The van der Waals surface area contributed by atoms with Crippen LogP contribution < -0.4 is 5.32 Å². The highest BCUT2D eigenvalue weighted by Crippen LogP contribution is 2.26. The van der Waals surface area contributed by atoms with Crippen molar-refractivity contribution >= 4 is 41.6 Å². The van der Waals surface area contributed by atoms with Crippen molar-refractivity contribution in [1.29, 1.82) is 0 Å². The molecule has 0 saturated carbocycles. The molecule has 0 unspecified atom stereocenters. The molecule has 1 rings (SSSR count). The van der Waals surface area contributed by atoms with Crippen molar-refractivity contribution in [3.05, 3.63) is 93.1 Å². The molecule has 0 atom stereocenters. The Hall–Kier alpha value is -5.90. The van der Waals surface area contributed by atoms with Crippen LogP contribution in [0.5, 0.6) is 0 Å². The quantitative estimate of drug-likeness (QED) is 0.0424. The van der Waals surface area contributed by atoms with Crippen LogP contribution in [0.25, 0.3) is 0 Å². The molecule has 0 heterocycles. The van der Waals surface area contributed by atoms with Crippen LogP contribution in [-0.2, 0) is 104 Å². The summed E-state index contributed by atoms with van der Waals surface area (Å²) < 4.78 is 96.0. The molecule has 77 heavy (non-hydrogen) atoms. The minimum absolute atomic E-state index is 0.00128. The van der Waals surface area contributed by atoms with Gasteiger partial charge in [-0.1, -0.05) is 51.1 Å². The van der Waals surface area contributed by atoms with Gasteiger partial charge in [0, 0.05) is 36.1 Å². The van der Waals surface area contributed by atoms with Crippen LogP contribution >= 0.6 is 0 Å². The summed E-state index contributed by atoms with van der Waals surface area (Å²) in [5, 5.41) is 2.77. The van der Waals surface area contributed by atoms with Crippen LogP contribution in [0.3, 0.4) is 0 Å². The van der Waals surface area contributed by atoms with Crippen molar-refractivity contribution < 1.29 is 109 Å². The topological polar surface area (TPSA) is 271 Å². The van der Waals surface area contributed by atoms with Gasteiger partial charge < -0.3 is 80.5 Å². The molecule has 1 aromatic rings. The van der Waals surface area contributed by atoms with Crippen molar-refractivity contribution in [2.45, 2.75) is 6.92 Å². The molecule has 0 bridgehead atoms. The fraction of sp³-hybridized carbons (Fsp3) is 0.585. The van der Waals surface area contributed by atoms with Crippen molar-refractivity contribution in [3.63, 3.8) is 0 Å². The predicted octanol–water partition coefficient (Wildman–Crippen LogP) is 3.34. The molecular weight excluding hydrogens is 1020 g/mol. The normalized spacial score (nSPS) is 11.2. The molecule has 24 heteroatoms. The molecule has 0 radical (unpaired) electrons. The number of carbonyl (C=O) groups excluding carboxylic acids is 6. The number of anilines is 1. The lowest BCUT2D eigenvalue weighted by Gasteiger charge is -2.36. The average molecular weight is 1100 g/mol. The highest BCUT2D eigenvalue weighted by Gasteiger charge is 2.38. The molecule has 0 saturated heterocycles. The molecule has 0 aromatic heterocycles. The first-order chi connectivity index (χ1) is 37.4. The predicted molar refractivity (Wildman–Crippen MR) is 276 cm³/mol. The van der Waals surface area contributed by atoms with Crippen LogP contribution in [0.2, 0.25) is 0 Å². The largest absolute Gasteiger partial charge is 0.460 e. The van der Waals surface area contributed by atoms with E-state index in [0.717, 1.165) is 35.9 Å². The molecule has 0 fully saturated rings. The minimum atomic E-state index is -1.20. The van der Waals surface area contributed by atoms with E-state index in [1.165, 1.54) is 0 Å². The summed E-state index contributed by atoms with van der Waals surface area (Å²) in [7, 11) is 0. The summed E-state index contributed by atoms with van der Waals surface area (Å²) in [6, 6.07) is 7.17. The zero-order chi connectivity index (χ0) is 56.5. The molecule has 1 aromatic carbocycles. The number of hydrogen-bond donors (Lipinski definition) is 1. The number of rotatable bonds is 52. The van der Waals surface area contributed by atoms with Crippen molar-refractivity contribution in [3.8, 4) is 0 Å². The third-order valence-corrected chi connectivity index (χ3v) is 9.80. The van der Waals surface area contributed by atoms with E-state index >= 15 is 0 Å². The van der Waals surface area contributed by atoms with Gasteiger partial charge in [-0.25, -0.2) is 28.8 Å². The number of nitrogens with one attached hydrogen (secondary N) is 1. The molecule has 24 nitrogen and oxygen atoms in total. The Morgan fingerprint density at radius 2 is 0.597 bits per heavy atom. The third-order valence-electron chi connectivity index (χ3n) is 9.80. The lowest BCUT2D eigenvalue weighted by molar-refractivity contribution is -0.146. The second-order valence-electron chi connectivity index (χ2n) is 16.2. The Labute approximate surface area is 451 Å². The molecule has 0 aliphatic carbocycles. The Kier molecular flexibility index (Phi) is 41.5. The standard InChI is InChI=1S/C53H79NO23/c1-7-46(55)72-31-26-61-16-21-66-36-52(37-67-22-17-62-27-32-73-47(56)8-2,38-68-23-18-63-28-33-74-48(57)9-3)41-71-42-53(39-69-24-19-64-29-34-75-49(58)10-4,40-70-25-20-65-30-35-76-50(59)11-5)43-77-51(60)54-45-15-13-12-14-44(45)6/h7-15H,1-5,16-43H2,6H3,(H,54,60). The van der Waals surface area contributed by atoms with Gasteiger partial charge in [0.15, 0.2) is 0 Å². The van der Waals surface area contributed by atoms with Gasteiger partial charge in [-0.05, 0) is 18.6 Å². The molecular formula is C53H79NO23. The molecule has 0 aliphatic heterocycles. The van der Waals surface area contributed by atoms with E-state index in [1.54, 1.807) is 12.1 Å². The first kappa shape index (κ1) is 69.1. The summed E-state index contributed by atoms with van der Waals surface area (Å²) in [4.78, 5) is 70.7. The molecule has 1 amide bonds. The van der Waals surface area contributed by atoms with Gasteiger partial charge in [-0.15, -0.1) is 0 Å². The fourth-order valence-electron chi connectivity index (χ4n) is 5.91. The lowest BCUT2D eigenvalue weighted by atomic mass is 9.90. The zero-order valence-corrected chi connectivity index (χ0v) is 44.4. The van der Waals surface area contributed by atoms with E-state index in [4.69, 9.17) is 80.5 Å². The van der Waals surface area contributed by atoms with Crippen LogP contribution in [0.4, 0.5) is 10.5 Å².